The summed E-state index contributed by atoms with van der Waals surface area (Å²) in [6, 6.07) is 0.360. The molecule has 0 amide bonds. The lowest BCUT2D eigenvalue weighted by atomic mass is 9.94. The first-order valence-electron chi connectivity index (χ1n) is 9.37. The van der Waals surface area contributed by atoms with Crippen LogP contribution in [-0.4, -0.2) is 39.7 Å². The summed E-state index contributed by atoms with van der Waals surface area (Å²) in [5.74, 6) is 0. The van der Waals surface area contributed by atoms with Crippen molar-refractivity contribution in [3.8, 4) is 0 Å². The van der Waals surface area contributed by atoms with E-state index in [4.69, 9.17) is 21.1 Å². The standard InChI is InChI=1S/C6H13NO.2C6H12O/c7-5-1-3-6(8)4-2-5;2*7-6-4-2-1-3-5-6/h5-6,8H,1-4,7H2;2*6-7H,1-5H2. The Balaban J connectivity index is 0.000000166. The third-order valence-corrected chi connectivity index (χ3v) is 4.89. The summed E-state index contributed by atoms with van der Waals surface area (Å²) in [6.45, 7) is 0. The van der Waals surface area contributed by atoms with E-state index in [0.717, 1.165) is 51.4 Å². The number of rotatable bonds is 0. The van der Waals surface area contributed by atoms with Crippen LogP contribution < -0.4 is 5.73 Å². The smallest absolute Gasteiger partial charge is 0.0541 e. The van der Waals surface area contributed by atoms with Crippen molar-refractivity contribution < 1.29 is 15.3 Å². The van der Waals surface area contributed by atoms with Crippen molar-refractivity contribution in [3.63, 3.8) is 0 Å². The van der Waals surface area contributed by atoms with E-state index >= 15 is 0 Å². The second kappa shape index (κ2) is 12.3. The molecule has 0 aromatic carbocycles. The predicted molar refractivity (Wildman–Crippen MR) is 90.6 cm³/mol. The van der Waals surface area contributed by atoms with Crippen molar-refractivity contribution in [2.75, 3.05) is 0 Å². The molecule has 0 saturated heterocycles. The summed E-state index contributed by atoms with van der Waals surface area (Å²) < 4.78 is 0. The van der Waals surface area contributed by atoms with Crippen LogP contribution in [0.25, 0.3) is 0 Å². The molecule has 3 fully saturated rings. The van der Waals surface area contributed by atoms with Crippen molar-refractivity contribution in [2.24, 2.45) is 5.73 Å². The average Bonchev–Trinajstić information content (AvgIpc) is 2.53. The van der Waals surface area contributed by atoms with Gasteiger partial charge in [0.1, 0.15) is 0 Å². The van der Waals surface area contributed by atoms with Crippen LogP contribution in [0, 0.1) is 0 Å². The monoisotopic (exact) mass is 315 g/mol. The minimum absolute atomic E-state index is 0.0359. The maximum atomic E-state index is 8.97. The lowest BCUT2D eigenvalue weighted by Gasteiger charge is -2.21. The van der Waals surface area contributed by atoms with Crippen molar-refractivity contribution in [1.29, 1.82) is 0 Å². The van der Waals surface area contributed by atoms with Crippen LogP contribution in [0.4, 0.5) is 0 Å². The zero-order chi connectivity index (χ0) is 16.2. The molecule has 5 N–H and O–H groups in total. The quantitative estimate of drug-likeness (QED) is 0.553. The maximum absolute atomic E-state index is 8.97. The third-order valence-electron chi connectivity index (χ3n) is 4.89. The molecule has 0 spiro atoms. The van der Waals surface area contributed by atoms with Crippen LogP contribution in [-0.2, 0) is 0 Å². The number of hydrogen-bond donors (Lipinski definition) is 4. The molecule has 3 aliphatic rings. The fourth-order valence-corrected chi connectivity index (χ4v) is 3.26. The Morgan fingerprint density at radius 3 is 1.00 bits per heavy atom. The highest BCUT2D eigenvalue weighted by molar-refractivity contribution is 4.72. The molecule has 22 heavy (non-hydrogen) atoms. The number of nitrogens with two attached hydrogens (primary N) is 1. The summed E-state index contributed by atoms with van der Waals surface area (Å²) in [5, 5.41) is 26.8. The Labute approximate surface area is 136 Å². The molecule has 4 heteroatoms. The van der Waals surface area contributed by atoms with Gasteiger partial charge in [-0.05, 0) is 51.4 Å². The van der Waals surface area contributed by atoms with E-state index < -0.39 is 0 Å². The van der Waals surface area contributed by atoms with Gasteiger partial charge in [0.2, 0.25) is 0 Å². The largest absolute Gasteiger partial charge is 0.393 e. The second-order valence-corrected chi connectivity index (χ2v) is 7.15. The summed E-state index contributed by atoms with van der Waals surface area (Å²) in [6.07, 6.45) is 15.6. The van der Waals surface area contributed by atoms with Gasteiger partial charge in [-0.15, -0.1) is 0 Å². The van der Waals surface area contributed by atoms with Gasteiger partial charge >= 0.3 is 0 Å². The fraction of sp³-hybridized carbons (Fsp3) is 1.00. The Bertz CT molecular complexity index is 217. The van der Waals surface area contributed by atoms with E-state index in [1.807, 2.05) is 0 Å². The van der Waals surface area contributed by atoms with E-state index in [9.17, 15) is 0 Å². The molecule has 4 nitrogen and oxygen atoms in total. The zero-order valence-electron chi connectivity index (χ0n) is 14.1. The first-order valence-corrected chi connectivity index (χ1v) is 9.37. The third kappa shape index (κ3) is 10.5. The Morgan fingerprint density at radius 2 is 0.773 bits per heavy atom. The molecular weight excluding hydrogens is 278 g/mol. The minimum Gasteiger partial charge on any atom is -0.393 e. The highest BCUT2D eigenvalue weighted by Crippen LogP contribution is 2.17. The molecule has 0 aromatic rings. The number of hydrogen-bond acceptors (Lipinski definition) is 4. The van der Waals surface area contributed by atoms with Crippen LogP contribution in [0.2, 0.25) is 0 Å². The first kappa shape index (κ1) is 19.9. The summed E-state index contributed by atoms with van der Waals surface area (Å²) >= 11 is 0. The number of aliphatic hydroxyl groups excluding tert-OH is 3. The molecule has 0 bridgehead atoms. The number of aliphatic hydroxyl groups is 3. The Kier molecular flexibility index (Phi) is 11.1. The van der Waals surface area contributed by atoms with Crippen molar-refractivity contribution in [2.45, 2.75) is 114 Å². The van der Waals surface area contributed by atoms with Crippen molar-refractivity contribution in [3.05, 3.63) is 0 Å². The van der Waals surface area contributed by atoms with Crippen molar-refractivity contribution >= 4 is 0 Å². The molecule has 0 radical (unpaired) electrons. The van der Waals surface area contributed by atoms with E-state index in [0.29, 0.717) is 6.04 Å². The minimum atomic E-state index is -0.0604. The van der Waals surface area contributed by atoms with Crippen LogP contribution in [0.5, 0.6) is 0 Å². The lowest BCUT2D eigenvalue weighted by molar-refractivity contribution is 0.123. The summed E-state index contributed by atoms with van der Waals surface area (Å²) in [7, 11) is 0. The Morgan fingerprint density at radius 1 is 0.455 bits per heavy atom. The average molecular weight is 315 g/mol. The Hall–Kier alpha value is -0.160. The van der Waals surface area contributed by atoms with Gasteiger partial charge < -0.3 is 21.1 Å². The van der Waals surface area contributed by atoms with Crippen LogP contribution in [0.1, 0.15) is 89.9 Å². The summed E-state index contributed by atoms with van der Waals surface area (Å²) in [5.41, 5.74) is 5.59. The summed E-state index contributed by atoms with van der Waals surface area (Å²) in [4.78, 5) is 0. The molecule has 0 aromatic heterocycles. The van der Waals surface area contributed by atoms with Gasteiger partial charge in [-0.2, -0.15) is 0 Å². The first-order chi connectivity index (χ1) is 10.6. The van der Waals surface area contributed by atoms with E-state index in [1.165, 1.54) is 38.5 Å². The van der Waals surface area contributed by atoms with Crippen LogP contribution in [0.3, 0.4) is 0 Å². The normalized spacial score (nSPS) is 30.5. The molecule has 0 aliphatic heterocycles. The predicted octanol–water partition coefficient (Wildman–Crippen LogP) is 2.87. The lowest BCUT2D eigenvalue weighted by Crippen LogP contribution is -2.28. The molecular formula is C18H37NO3. The van der Waals surface area contributed by atoms with Gasteiger partial charge in [0.15, 0.2) is 0 Å². The van der Waals surface area contributed by atoms with E-state index in [1.54, 1.807) is 0 Å². The molecule has 132 valence electrons. The molecule has 0 heterocycles. The van der Waals surface area contributed by atoms with Crippen LogP contribution in [0.15, 0.2) is 0 Å². The van der Waals surface area contributed by atoms with Gasteiger partial charge in [0.05, 0.1) is 18.3 Å². The molecule has 3 saturated carbocycles. The van der Waals surface area contributed by atoms with Gasteiger partial charge in [-0.3, -0.25) is 0 Å². The molecule has 0 unspecified atom stereocenters. The SMILES string of the molecule is NC1CCC(O)CC1.OC1CCCCC1.OC1CCCCC1. The van der Waals surface area contributed by atoms with Gasteiger partial charge in [-0.25, -0.2) is 0 Å². The van der Waals surface area contributed by atoms with E-state index in [2.05, 4.69) is 0 Å². The van der Waals surface area contributed by atoms with Gasteiger partial charge in [0, 0.05) is 6.04 Å². The maximum Gasteiger partial charge on any atom is 0.0541 e. The highest BCUT2D eigenvalue weighted by atomic mass is 16.3. The zero-order valence-corrected chi connectivity index (χ0v) is 14.1. The van der Waals surface area contributed by atoms with Gasteiger partial charge in [-0.1, -0.05) is 38.5 Å². The van der Waals surface area contributed by atoms with Crippen LogP contribution >= 0.6 is 0 Å². The molecule has 3 rings (SSSR count). The van der Waals surface area contributed by atoms with E-state index in [-0.39, 0.29) is 18.3 Å². The topological polar surface area (TPSA) is 86.7 Å². The second-order valence-electron chi connectivity index (χ2n) is 7.15. The highest BCUT2D eigenvalue weighted by Gasteiger charge is 2.14. The molecule has 3 aliphatic carbocycles. The van der Waals surface area contributed by atoms with Crippen molar-refractivity contribution in [1.82, 2.24) is 0 Å². The fourth-order valence-electron chi connectivity index (χ4n) is 3.26. The van der Waals surface area contributed by atoms with Gasteiger partial charge in [0.25, 0.3) is 0 Å². The molecule has 0 atom stereocenters.